The van der Waals surface area contributed by atoms with Gasteiger partial charge in [-0.2, -0.15) is 0 Å². The summed E-state index contributed by atoms with van der Waals surface area (Å²) >= 11 is 0. The van der Waals surface area contributed by atoms with Crippen LogP contribution in [-0.2, 0) is 16.6 Å². The maximum Gasteiger partial charge on any atom is 0.241 e. The lowest BCUT2D eigenvalue weighted by Crippen LogP contribution is -2.45. The second-order valence-electron chi connectivity index (χ2n) is 8.19. The van der Waals surface area contributed by atoms with Crippen LogP contribution in [0.4, 0.5) is 0 Å². The summed E-state index contributed by atoms with van der Waals surface area (Å²) in [5.74, 6) is 0.680. The number of nitrogens with zero attached hydrogens (tertiary/aromatic N) is 2. The highest BCUT2D eigenvalue weighted by Gasteiger charge is 2.25. The Bertz CT molecular complexity index is 771. The van der Waals surface area contributed by atoms with Crippen molar-refractivity contribution < 1.29 is 8.42 Å². The van der Waals surface area contributed by atoms with E-state index in [2.05, 4.69) is 32.2 Å². The lowest BCUT2D eigenvalue weighted by Gasteiger charge is -2.24. The van der Waals surface area contributed by atoms with Gasteiger partial charge in [-0.1, -0.05) is 25.1 Å². The Balaban J connectivity index is 2.01. The minimum atomic E-state index is -3.60. The fourth-order valence-corrected chi connectivity index (χ4v) is 5.19. The molecule has 0 amide bonds. The first kappa shape index (κ1) is 22.6. The molecule has 0 radical (unpaired) electrons. The van der Waals surface area contributed by atoms with Crippen molar-refractivity contribution in [2.24, 2.45) is 4.99 Å². The van der Waals surface area contributed by atoms with Crippen molar-refractivity contribution in [3.63, 3.8) is 0 Å². The summed E-state index contributed by atoms with van der Waals surface area (Å²) < 4.78 is 28.2. The summed E-state index contributed by atoms with van der Waals surface area (Å²) in [6, 6.07) is 7.58. The van der Waals surface area contributed by atoms with Gasteiger partial charge in [0.2, 0.25) is 10.0 Å². The smallest absolute Gasteiger partial charge is 0.241 e. The number of guanidine groups is 1. The Morgan fingerprint density at radius 2 is 1.96 bits per heavy atom. The molecule has 1 aliphatic heterocycles. The normalized spacial score (nSPS) is 19.0. The van der Waals surface area contributed by atoms with Crippen LogP contribution in [0.3, 0.4) is 0 Å². The van der Waals surface area contributed by atoms with E-state index < -0.39 is 15.6 Å². The Hall–Kier alpha value is -1.64. The van der Waals surface area contributed by atoms with Crippen LogP contribution < -0.4 is 15.4 Å². The van der Waals surface area contributed by atoms with Gasteiger partial charge in [-0.05, 0) is 58.3 Å². The van der Waals surface area contributed by atoms with Crippen LogP contribution in [0, 0.1) is 0 Å². The minimum Gasteiger partial charge on any atom is -0.355 e. The average molecular weight is 410 g/mol. The molecule has 1 saturated heterocycles. The molecule has 158 valence electrons. The highest BCUT2D eigenvalue weighted by Crippen LogP contribution is 2.18. The third kappa shape index (κ3) is 6.46. The summed E-state index contributed by atoms with van der Waals surface area (Å²) in [6.45, 7) is 11.1. The van der Waals surface area contributed by atoms with Gasteiger partial charge in [-0.15, -0.1) is 0 Å². The molecule has 1 atom stereocenters. The molecule has 0 aromatic heterocycles. The molecular weight excluding hydrogens is 374 g/mol. The quantitative estimate of drug-likeness (QED) is 0.473. The van der Waals surface area contributed by atoms with Crippen molar-refractivity contribution in [1.29, 1.82) is 0 Å². The molecule has 1 aromatic rings. The molecule has 1 aromatic carbocycles. The molecule has 28 heavy (non-hydrogen) atoms. The number of hydrogen-bond donors (Lipinski definition) is 3. The van der Waals surface area contributed by atoms with Gasteiger partial charge >= 0.3 is 0 Å². The van der Waals surface area contributed by atoms with Gasteiger partial charge in [0.15, 0.2) is 5.96 Å². The van der Waals surface area contributed by atoms with Gasteiger partial charge in [0.1, 0.15) is 0 Å². The molecule has 0 aliphatic carbocycles. The highest BCUT2D eigenvalue weighted by atomic mass is 32.2. The fourth-order valence-electron chi connectivity index (χ4n) is 3.53. The van der Waals surface area contributed by atoms with Gasteiger partial charge < -0.3 is 10.6 Å². The third-order valence-corrected chi connectivity index (χ3v) is 6.64. The number of sulfonamides is 1. The van der Waals surface area contributed by atoms with Gasteiger partial charge in [0.05, 0.1) is 4.90 Å². The molecular formula is C20H35N5O2S. The van der Waals surface area contributed by atoms with Crippen molar-refractivity contribution in [3.05, 3.63) is 29.8 Å². The second-order valence-corrected chi connectivity index (χ2v) is 9.85. The van der Waals surface area contributed by atoms with Crippen molar-refractivity contribution in [2.75, 3.05) is 26.7 Å². The van der Waals surface area contributed by atoms with Crippen LogP contribution in [0.1, 0.15) is 46.1 Å². The molecule has 8 heteroatoms. The summed E-state index contributed by atoms with van der Waals surface area (Å²) in [6.07, 6.45) is 2.43. The number of nitrogens with one attached hydrogen (secondary N) is 3. The number of aliphatic imine (C=N–C) groups is 1. The van der Waals surface area contributed by atoms with Crippen LogP contribution in [0.15, 0.2) is 34.2 Å². The van der Waals surface area contributed by atoms with Crippen molar-refractivity contribution in [2.45, 2.75) is 63.6 Å². The molecule has 0 saturated carbocycles. The van der Waals surface area contributed by atoms with E-state index in [-0.39, 0.29) is 0 Å². The van der Waals surface area contributed by atoms with Crippen LogP contribution in [0.2, 0.25) is 0 Å². The maximum atomic E-state index is 12.8. The van der Waals surface area contributed by atoms with Gasteiger partial charge in [-0.3, -0.25) is 9.89 Å². The summed E-state index contributed by atoms with van der Waals surface area (Å²) in [5.41, 5.74) is 0.168. The summed E-state index contributed by atoms with van der Waals surface area (Å²) in [5, 5.41) is 6.62. The molecule has 7 nitrogen and oxygen atoms in total. The zero-order valence-corrected chi connectivity index (χ0v) is 18.6. The number of benzene rings is 1. The largest absolute Gasteiger partial charge is 0.355 e. The highest BCUT2D eigenvalue weighted by molar-refractivity contribution is 7.89. The zero-order chi connectivity index (χ0) is 20.8. The minimum absolute atomic E-state index is 0.292. The molecule has 1 heterocycles. The van der Waals surface area contributed by atoms with Crippen LogP contribution in [-0.4, -0.2) is 57.5 Å². The van der Waals surface area contributed by atoms with Crippen molar-refractivity contribution >= 4 is 16.0 Å². The number of rotatable bonds is 7. The first-order chi connectivity index (χ1) is 13.2. The lowest BCUT2D eigenvalue weighted by atomic mass is 10.1. The monoisotopic (exact) mass is 409 g/mol. The van der Waals surface area contributed by atoms with Crippen molar-refractivity contribution in [1.82, 2.24) is 20.3 Å². The Morgan fingerprint density at radius 3 is 2.61 bits per heavy atom. The van der Waals surface area contributed by atoms with E-state index in [1.54, 1.807) is 19.2 Å². The number of likely N-dealkylation sites (tertiary alicyclic amines) is 1. The lowest BCUT2D eigenvalue weighted by molar-refractivity contribution is 0.267. The van der Waals surface area contributed by atoms with E-state index in [0.717, 1.165) is 19.6 Å². The second kappa shape index (κ2) is 9.71. The Morgan fingerprint density at radius 1 is 1.25 bits per heavy atom. The Kier molecular flexibility index (Phi) is 7.86. The molecule has 3 N–H and O–H groups in total. The van der Waals surface area contributed by atoms with Crippen molar-refractivity contribution in [3.8, 4) is 0 Å². The Labute approximate surface area is 170 Å². The first-order valence-electron chi connectivity index (χ1n) is 9.96. The molecule has 1 aliphatic rings. The first-order valence-corrected chi connectivity index (χ1v) is 11.4. The van der Waals surface area contributed by atoms with Gasteiger partial charge in [0, 0.05) is 31.7 Å². The van der Waals surface area contributed by atoms with Crippen LogP contribution >= 0.6 is 0 Å². The van der Waals surface area contributed by atoms with Crippen LogP contribution in [0.5, 0.6) is 0 Å². The molecule has 1 fully saturated rings. The zero-order valence-electron chi connectivity index (χ0n) is 17.7. The molecule has 0 spiro atoms. The predicted octanol–water partition coefficient (Wildman–Crippen LogP) is 1.91. The molecule has 2 rings (SSSR count). The van der Waals surface area contributed by atoms with E-state index in [1.165, 1.54) is 12.8 Å². The third-order valence-electron chi connectivity index (χ3n) is 4.78. The topological polar surface area (TPSA) is 85.8 Å². The number of likely N-dealkylation sites (N-methyl/N-ethyl adjacent to an activating group) is 1. The van der Waals surface area contributed by atoms with Gasteiger partial charge in [0.25, 0.3) is 0 Å². The average Bonchev–Trinajstić information content (AvgIpc) is 3.07. The molecule has 1 unspecified atom stereocenters. The van der Waals surface area contributed by atoms with E-state index in [4.69, 9.17) is 0 Å². The molecule has 0 bridgehead atoms. The predicted molar refractivity (Wildman–Crippen MR) is 115 cm³/mol. The van der Waals surface area contributed by atoms with Crippen LogP contribution in [0.25, 0.3) is 0 Å². The fraction of sp³-hybridized carbons (Fsp3) is 0.650. The standard InChI is InChI=1S/C20H35N5O2S/c1-6-25-13-9-11-17(25)15-23-19(21-5)22-14-16-10-7-8-12-18(16)28(26,27)24-20(2,3)4/h7-8,10,12,17,24H,6,9,11,13-15H2,1-5H3,(H2,21,22,23). The van der Waals surface area contributed by atoms with E-state index in [9.17, 15) is 8.42 Å². The van der Waals surface area contributed by atoms with E-state index >= 15 is 0 Å². The van der Waals surface area contributed by atoms with E-state index in [1.807, 2.05) is 32.9 Å². The van der Waals surface area contributed by atoms with E-state index in [0.29, 0.717) is 29.0 Å². The SMILES string of the molecule is CCN1CCCC1CNC(=NC)NCc1ccccc1S(=O)(=O)NC(C)(C)C. The van der Waals surface area contributed by atoms with Gasteiger partial charge in [-0.25, -0.2) is 13.1 Å². The maximum absolute atomic E-state index is 12.8. The summed E-state index contributed by atoms with van der Waals surface area (Å²) in [7, 11) is -1.87. The summed E-state index contributed by atoms with van der Waals surface area (Å²) in [4.78, 5) is 7.04. The number of hydrogen-bond acceptors (Lipinski definition) is 4.